The molecule has 3 aromatic rings. The molecule has 1 aromatic heterocycles. The summed E-state index contributed by atoms with van der Waals surface area (Å²) in [4.78, 5) is 26.5. The van der Waals surface area contributed by atoms with E-state index in [0.29, 0.717) is 18.7 Å². The molecule has 0 saturated carbocycles. The molecule has 0 spiro atoms. The molecule has 1 amide bonds. The molecule has 2 aromatic carbocycles. The number of H-pyrrole nitrogens is 1. The zero-order valence-electron chi connectivity index (χ0n) is 17.0. The number of hydrogen-bond donors (Lipinski definition) is 3. The maximum absolute atomic E-state index is 12.6. The molecular weight excluding hydrogens is 404 g/mol. The Labute approximate surface area is 180 Å². The van der Waals surface area contributed by atoms with Gasteiger partial charge in [-0.05, 0) is 61.6 Å². The van der Waals surface area contributed by atoms with E-state index < -0.39 is 5.97 Å². The van der Waals surface area contributed by atoms with Gasteiger partial charge in [-0.15, -0.1) is 0 Å². The van der Waals surface area contributed by atoms with E-state index in [4.69, 9.17) is 21.4 Å². The van der Waals surface area contributed by atoms with Crippen LogP contribution in [0, 0.1) is 13.8 Å². The summed E-state index contributed by atoms with van der Waals surface area (Å²) in [6.45, 7) is 4.48. The summed E-state index contributed by atoms with van der Waals surface area (Å²) in [5, 5.41) is 13.2. The van der Waals surface area contributed by atoms with Gasteiger partial charge >= 0.3 is 5.97 Å². The first-order valence-corrected chi connectivity index (χ1v) is 10.2. The molecule has 3 N–H and O–H groups in total. The van der Waals surface area contributed by atoms with E-state index >= 15 is 0 Å². The number of aliphatic carboxylic acids is 1. The van der Waals surface area contributed by atoms with Crippen molar-refractivity contribution in [2.24, 2.45) is 0 Å². The zero-order valence-corrected chi connectivity index (χ0v) is 17.8. The lowest BCUT2D eigenvalue weighted by atomic mass is 10.1. The average molecular weight is 429 g/mol. The van der Waals surface area contributed by atoms with Crippen LogP contribution in [0.4, 0.5) is 0 Å². The minimum Gasteiger partial charge on any atom is -0.494 e. The lowest BCUT2D eigenvalue weighted by Crippen LogP contribution is -2.27. The highest BCUT2D eigenvalue weighted by Crippen LogP contribution is 2.27. The summed E-state index contributed by atoms with van der Waals surface area (Å²) in [6.07, 6.45) is 1.25. The van der Waals surface area contributed by atoms with Crippen LogP contribution < -0.4 is 10.1 Å². The zero-order chi connectivity index (χ0) is 21.7. The van der Waals surface area contributed by atoms with Gasteiger partial charge in [-0.25, -0.2) is 0 Å². The van der Waals surface area contributed by atoms with Crippen molar-refractivity contribution in [1.82, 2.24) is 10.3 Å². The number of carboxylic acids is 1. The number of aromatic nitrogens is 1. The predicted octanol–water partition coefficient (Wildman–Crippen LogP) is 4.65. The maximum Gasteiger partial charge on any atom is 0.305 e. The molecule has 6 nitrogen and oxygen atoms in total. The molecule has 0 atom stereocenters. The number of nitrogens with one attached hydrogen (secondary N) is 2. The number of carbonyl (C=O) groups is 2. The number of aromatic amines is 1. The van der Waals surface area contributed by atoms with E-state index in [2.05, 4.69) is 10.3 Å². The van der Waals surface area contributed by atoms with Crippen molar-refractivity contribution in [1.29, 1.82) is 0 Å². The molecule has 0 unspecified atom stereocenters. The molecule has 0 saturated heterocycles. The van der Waals surface area contributed by atoms with Gasteiger partial charge in [0.05, 0.1) is 13.0 Å². The molecule has 0 aliphatic rings. The van der Waals surface area contributed by atoms with Crippen LogP contribution in [0.15, 0.2) is 36.4 Å². The number of fused-ring (bicyclic) bond motifs is 1. The SMILES string of the molecule is Cc1cc(OCCCc2c(C(=O)NCCC(=O)O)[nH]c3ccccc23)cc(C)c1Cl. The fraction of sp³-hybridized carbons (Fsp3) is 0.304. The Balaban J connectivity index is 1.68. The van der Waals surface area contributed by atoms with Gasteiger partial charge in [-0.2, -0.15) is 0 Å². The number of hydrogen-bond acceptors (Lipinski definition) is 3. The topological polar surface area (TPSA) is 91.4 Å². The lowest BCUT2D eigenvalue weighted by molar-refractivity contribution is -0.136. The molecule has 0 radical (unpaired) electrons. The van der Waals surface area contributed by atoms with Crippen molar-refractivity contribution < 1.29 is 19.4 Å². The van der Waals surface area contributed by atoms with Gasteiger partial charge in [0.25, 0.3) is 5.91 Å². The van der Waals surface area contributed by atoms with Gasteiger partial charge in [0, 0.05) is 22.5 Å². The summed E-state index contributed by atoms with van der Waals surface area (Å²) in [6, 6.07) is 11.6. The maximum atomic E-state index is 12.6. The minimum atomic E-state index is -0.947. The Morgan fingerprint density at radius 2 is 1.87 bits per heavy atom. The molecule has 0 aliphatic carbocycles. The third-order valence-electron chi connectivity index (χ3n) is 4.91. The van der Waals surface area contributed by atoms with Gasteiger partial charge in [0.15, 0.2) is 0 Å². The Kier molecular flexibility index (Phi) is 7.00. The Morgan fingerprint density at radius 3 is 2.57 bits per heavy atom. The van der Waals surface area contributed by atoms with Crippen LogP contribution in [0.2, 0.25) is 5.02 Å². The third-order valence-corrected chi connectivity index (χ3v) is 5.51. The van der Waals surface area contributed by atoms with E-state index in [9.17, 15) is 9.59 Å². The quantitative estimate of drug-likeness (QED) is 0.432. The van der Waals surface area contributed by atoms with Crippen LogP contribution in [0.1, 0.15) is 40.0 Å². The molecule has 0 bridgehead atoms. The van der Waals surface area contributed by atoms with Crippen LogP contribution in [0.5, 0.6) is 5.75 Å². The van der Waals surface area contributed by atoms with E-state index in [1.54, 1.807) is 0 Å². The fourth-order valence-electron chi connectivity index (χ4n) is 3.45. The Morgan fingerprint density at radius 1 is 1.17 bits per heavy atom. The van der Waals surface area contributed by atoms with Crippen LogP contribution in [-0.4, -0.2) is 35.1 Å². The second kappa shape index (κ2) is 9.67. The fourth-order valence-corrected chi connectivity index (χ4v) is 3.56. The first-order chi connectivity index (χ1) is 14.4. The lowest BCUT2D eigenvalue weighted by Gasteiger charge is -2.10. The average Bonchev–Trinajstić information content (AvgIpc) is 3.07. The van der Waals surface area contributed by atoms with Gasteiger partial charge in [0.1, 0.15) is 11.4 Å². The number of carbonyl (C=O) groups excluding carboxylic acids is 1. The van der Waals surface area contributed by atoms with Gasteiger partial charge in [0.2, 0.25) is 0 Å². The summed E-state index contributed by atoms with van der Waals surface area (Å²) >= 11 is 6.21. The monoisotopic (exact) mass is 428 g/mol. The summed E-state index contributed by atoms with van der Waals surface area (Å²) in [7, 11) is 0. The standard InChI is InChI=1S/C23H25ClN2O4/c1-14-12-16(13-15(2)21(14)24)30-11-5-7-18-17-6-3-4-8-19(17)26-22(18)23(29)25-10-9-20(27)28/h3-4,6,8,12-13,26H,5,7,9-11H2,1-2H3,(H,25,29)(H,27,28). The number of halogens is 1. The van der Waals surface area contributed by atoms with Crippen molar-refractivity contribution in [3.05, 3.63) is 63.8 Å². The number of aryl methyl sites for hydroxylation is 3. The van der Waals surface area contributed by atoms with Crippen molar-refractivity contribution in [2.45, 2.75) is 33.1 Å². The highest BCUT2D eigenvalue weighted by Gasteiger charge is 2.17. The Hall–Kier alpha value is -2.99. The number of rotatable bonds is 9. The summed E-state index contributed by atoms with van der Waals surface area (Å²) < 4.78 is 5.89. The number of ether oxygens (including phenoxy) is 1. The summed E-state index contributed by atoms with van der Waals surface area (Å²) in [5.74, 6) is -0.468. The molecule has 7 heteroatoms. The first-order valence-electron chi connectivity index (χ1n) is 9.86. The van der Waals surface area contributed by atoms with Crippen LogP contribution in [0.3, 0.4) is 0 Å². The normalized spacial score (nSPS) is 10.9. The first kappa shape index (κ1) is 21.7. The molecule has 1 heterocycles. The van der Waals surface area contributed by atoms with Crippen LogP contribution >= 0.6 is 11.6 Å². The number of amides is 1. The molecule has 3 rings (SSSR count). The van der Waals surface area contributed by atoms with Crippen molar-refractivity contribution in [2.75, 3.05) is 13.2 Å². The molecule has 158 valence electrons. The second-order valence-corrected chi connectivity index (χ2v) is 7.62. The third kappa shape index (κ3) is 5.13. The van der Waals surface area contributed by atoms with Crippen molar-refractivity contribution in [3.63, 3.8) is 0 Å². The highest BCUT2D eigenvalue weighted by atomic mass is 35.5. The van der Waals surface area contributed by atoms with E-state index in [-0.39, 0.29) is 18.9 Å². The van der Waals surface area contributed by atoms with E-state index in [1.165, 1.54) is 0 Å². The Bertz CT molecular complexity index is 1050. The van der Waals surface area contributed by atoms with Gasteiger partial charge < -0.3 is 20.1 Å². The summed E-state index contributed by atoms with van der Waals surface area (Å²) in [5.41, 5.74) is 4.21. The molecule has 0 aliphatic heterocycles. The predicted molar refractivity (Wildman–Crippen MR) is 118 cm³/mol. The smallest absolute Gasteiger partial charge is 0.305 e. The van der Waals surface area contributed by atoms with Gasteiger partial charge in [-0.1, -0.05) is 29.8 Å². The second-order valence-electron chi connectivity index (χ2n) is 7.25. The number of para-hydroxylation sites is 1. The number of carboxylic acid groups (broad SMARTS) is 1. The van der Waals surface area contributed by atoms with Crippen LogP contribution in [0.25, 0.3) is 10.9 Å². The van der Waals surface area contributed by atoms with E-state index in [1.807, 2.05) is 50.2 Å². The molecule has 30 heavy (non-hydrogen) atoms. The number of benzene rings is 2. The van der Waals surface area contributed by atoms with Crippen molar-refractivity contribution in [3.8, 4) is 5.75 Å². The van der Waals surface area contributed by atoms with Crippen molar-refractivity contribution >= 4 is 34.4 Å². The van der Waals surface area contributed by atoms with E-state index in [0.717, 1.165) is 44.8 Å². The minimum absolute atomic E-state index is 0.0847. The van der Waals surface area contributed by atoms with Gasteiger partial charge in [-0.3, -0.25) is 9.59 Å². The molecule has 0 fully saturated rings. The molecular formula is C23H25ClN2O4. The largest absolute Gasteiger partial charge is 0.494 e. The van der Waals surface area contributed by atoms with Crippen LogP contribution in [-0.2, 0) is 11.2 Å². The highest BCUT2D eigenvalue weighted by molar-refractivity contribution is 6.32.